The van der Waals surface area contributed by atoms with Crippen LogP contribution in [0.5, 0.6) is 0 Å². The maximum Gasteiger partial charge on any atom is 0.311 e. The molecule has 29 heavy (non-hydrogen) atoms. The van der Waals surface area contributed by atoms with E-state index in [1.807, 2.05) is 25.1 Å². The molecule has 0 unspecified atom stereocenters. The minimum Gasteiger partial charge on any atom is -0.464 e. The topological polar surface area (TPSA) is 129 Å². The van der Waals surface area contributed by atoms with E-state index in [0.29, 0.717) is 16.8 Å². The van der Waals surface area contributed by atoms with Gasteiger partial charge in [-0.05, 0) is 49.7 Å². The first-order chi connectivity index (χ1) is 13.6. The van der Waals surface area contributed by atoms with Crippen molar-refractivity contribution in [3.05, 3.63) is 59.9 Å². The summed E-state index contributed by atoms with van der Waals surface area (Å²) in [4.78, 5) is 24.4. The molecule has 3 rings (SSSR count). The van der Waals surface area contributed by atoms with Gasteiger partial charge in [0.2, 0.25) is 10.0 Å². The second kappa shape index (κ2) is 8.06. The van der Waals surface area contributed by atoms with Crippen LogP contribution in [0.3, 0.4) is 0 Å². The Balaban J connectivity index is 1.59. The van der Waals surface area contributed by atoms with Crippen LogP contribution in [0, 0.1) is 6.92 Å². The predicted molar refractivity (Wildman–Crippen MR) is 107 cm³/mol. The summed E-state index contributed by atoms with van der Waals surface area (Å²) in [6.07, 6.45) is 0.431. The number of sulfonamides is 1. The maximum absolute atomic E-state index is 12.2. The minimum absolute atomic E-state index is 0.0310. The number of aryl methyl sites for hydroxylation is 1. The van der Waals surface area contributed by atoms with E-state index in [-0.39, 0.29) is 11.3 Å². The van der Waals surface area contributed by atoms with Crippen molar-refractivity contribution >= 4 is 38.6 Å². The summed E-state index contributed by atoms with van der Waals surface area (Å²) in [5.41, 5.74) is 2.75. The van der Waals surface area contributed by atoms with E-state index in [4.69, 9.17) is 14.3 Å². The minimum atomic E-state index is -3.81. The molecular weight excluding hydrogens is 396 g/mol. The average molecular weight is 416 g/mol. The molecule has 1 amide bonds. The van der Waals surface area contributed by atoms with Gasteiger partial charge in [0.15, 0.2) is 6.10 Å². The molecule has 0 fully saturated rings. The fraction of sp³-hybridized carbons (Fsp3) is 0.200. The van der Waals surface area contributed by atoms with E-state index in [0.717, 1.165) is 10.9 Å². The van der Waals surface area contributed by atoms with Crippen molar-refractivity contribution in [2.75, 3.05) is 5.32 Å². The number of anilines is 1. The summed E-state index contributed by atoms with van der Waals surface area (Å²) in [5, 5.41) is 8.40. The monoisotopic (exact) mass is 416 g/mol. The van der Waals surface area contributed by atoms with Gasteiger partial charge < -0.3 is 14.5 Å². The first-order valence-electron chi connectivity index (χ1n) is 8.73. The van der Waals surface area contributed by atoms with Crippen LogP contribution in [-0.4, -0.2) is 26.4 Å². The zero-order valence-corrected chi connectivity index (χ0v) is 16.7. The Morgan fingerprint density at radius 3 is 2.52 bits per heavy atom. The average Bonchev–Trinajstić information content (AvgIpc) is 3.03. The summed E-state index contributed by atoms with van der Waals surface area (Å²) >= 11 is 0. The third kappa shape index (κ3) is 5.01. The highest BCUT2D eigenvalue weighted by Crippen LogP contribution is 2.23. The van der Waals surface area contributed by atoms with Crippen LogP contribution < -0.4 is 10.5 Å². The first kappa shape index (κ1) is 20.6. The van der Waals surface area contributed by atoms with Crippen molar-refractivity contribution in [1.29, 1.82) is 0 Å². The Morgan fingerprint density at radius 1 is 1.17 bits per heavy atom. The van der Waals surface area contributed by atoms with Gasteiger partial charge in [-0.1, -0.05) is 12.1 Å². The quantitative estimate of drug-likeness (QED) is 0.594. The third-order valence-electron chi connectivity index (χ3n) is 4.27. The number of furan rings is 1. The van der Waals surface area contributed by atoms with E-state index < -0.39 is 28.0 Å². The summed E-state index contributed by atoms with van der Waals surface area (Å²) in [6, 6.07) is 11.0. The lowest BCUT2D eigenvalue weighted by molar-refractivity contribution is -0.152. The molecule has 0 bridgehead atoms. The molecule has 1 atom stereocenters. The van der Waals surface area contributed by atoms with Crippen LogP contribution in [0.2, 0.25) is 0 Å². The van der Waals surface area contributed by atoms with E-state index >= 15 is 0 Å². The zero-order chi connectivity index (χ0) is 21.2. The van der Waals surface area contributed by atoms with Crippen molar-refractivity contribution in [2.24, 2.45) is 5.14 Å². The van der Waals surface area contributed by atoms with E-state index in [1.54, 1.807) is 0 Å². The number of nitrogens with two attached hydrogens (primary N) is 1. The maximum atomic E-state index is 12.2. The summed E-state index contributed by atoms with van der Waals surface area (Å²) in [6.45, 7) is 3.39. The predicted octanol–water partition coefficient (Wildman–Crippen LogP) is 2.50. The molecule has 0 saturated carbocycles. The van der Waals surface area contributed by atoms with Gasteiger partial charge in [0.25, 0.3) is 5.91 Å². The van der Waals surface area contributed by atoms with Crippen molar-refractivity contribution in [2.45, 2.75) is 31.3 Å². The highest BCUT2D eigenvalue weighted by molar-refractivity contribution is 7.89. The summed E-state index contributed by atoms with van der Waals surface area (Å²) in [5.74, 6) is -1.12. The van der Waals surface area contributed by atoms with Gasteiger partial charge in [-0.15, -0.1) is 0 Å². The van der Waals surface area contributed by atoms with Gasteiger partial charge >= 0.3 is 5.97 Å². The molecule has 8 nitrogen and oxygen atoms in total. The number of fused-ring (bicyclic) bond motifs is 1. The van der Waals surface area contributed by atoms with Crippen LogP contribution in [0.25, 0.3) is 11.0 Å². The Hall–Kier alpha value is -3.17. The number of nitrogens with one attached hydrogen (secondary N) is 1. The van der Waals surface area contributed by atoms with Crippen LogP contribution in [0.1, 0.15) is 18.1 Å². The molecular formula is C20H20N2O6S. The van der Waals surface area contributed by atoms with Crippen LogP contribution in [0.4, 0.5) is 5.69 Å². The number of benzene rings is 2. The van der Waals surface area contributed by atoms with Crippen molar-refractivity contribution in [1.82, 2.24) is 0 Å². The van der Waals surface area contributed by atoms with Crippen LogP contribution in [0.15, 0.2) is 58.0 Å². The van der Waals surface area contributed by atoms with E-state index in [2.05, 4.69) is 5.32 Å². The highest BCUT2D eigenvalue weighted by atomic mass is 32.2. The molecule has 0 spiro atoms. The second-order valence-corrected chi connectivity index (χ2v) is 8.19. The Bertz CT molecular complexity index is 1170. The van der Waals surface area contributed by atoms with Gasteiger partial charge in [-0.3, -0.25) is 9.59 Å². The number of rotatable bonds is 6. The lowest BCUT2D eigenvalue weighted by Crippen LogP contribution is -2.30. The standard InChI is InChI=1S/C20H20N2O6S/c1-12-3-8-17-14(11-27-18(17)9-12)10-19(23)28-13(2)20(24)22-15-4-6-16(7-5-15)29(21,25)26/h3-9,11,13H,10H2,1-2H3,(H,22,24)(H2,21,25,26)/t13-/m1/s1. The molecule has 3 N–H and O–H groups in total. The number of carbonyl (C=O) groups is 2. The summed E-state index contributed by atoms with van der Waals surface area (Å²) < 4.78 is 33.2. The molecule has 152 valence electrons. The van der Waals surface area contributed by atoms with Gasteiger partial charge in [-0.2, -0.15) is 0 Å². The van der Waals surface area contributed by atoms with Crippen LogP contribution >= 0.6 is 0 Å². The third-order valence-corrected chi connectivity index (χ3v) is 5.20. The number of hydrogen-bond acceptors (Lipinski definition) is 6. The Labute approximate surface area is 167 Å². The molecule has 0 radical (unpaired) electrons. The number of ether oxygens (including phenoxy) is 1. The second-order valence-electron chi connectivity index (χ2n) is 6.63. The molecule has 1 aromatic heterocycles. The molecule has 0 aliphatic carbocycles. The molecule has 0 aliphatic rings. The lowest BCUT2D eigenvalue weighted by Gasteiger charge is -2.13. The van der Waals surface area contributed by atoms with Gasteiger partial charge in [0.1, 0.15) is 5.58 Å². The Kier molecular flexibility index (Phi) is 5.71. The number of amides is 1. The molecule has 1 heterocycles. The van der Waals surface area contributed by atoms with E-state index in [1.165, 1.54) is 37.5 Å². The molecule has 0 saturated heterocycles. The van der Waals surface area contributed by atoms with Crippen molar-refractivity contribution in [3.63, 3.8) is 0 Å². The molecule has 9 heteroatoms. The molecule has 2 aromatic carbocycles. The van der Waals surface area contributed by atoms with Crippen LogP contribution in [-0.2, 0) is 30.8 Å². The molecule has 3 aromatic rings. The number of primary sulfonamides is 1. The number of hydrogen-bond donors (Lipinski definition) is 2. The van der Waals surface area contributed by atoms with Crippen molar-refractivity contribution < 1.29 is 27.2 Å². The first-order valence-corrected chi connectivity index (χ1v) is 10.3. The fourth-order valence-electron chi connectivity index (χ4n) is 2.75. The number of esters is 1. The molecule has 0 aliphatic heterocycles. The van der Waals surface area contributed by atoms with Gasteiger partial charge in [0.05, 0.1) is 17.6 Å². The number of carbonyl (C=O) groups excluding carboxylic acids is 2. The fourth-order valence-corrected chi connectivity index (χ4v) is 3.26. The van der Waals surface area contributed by atoms with Gasteiger partial charge in [0, 0.05) is 16.6 Å². The van der Waals surface area contributed by atoms with E-state index in [9.17, 15) is 18.0 Å². The highest BCUT2D eigenvalue weighted by Gasteiger charge is 2.20. The normalized spacial score (nSPS) is 12.5. The zero-order valence-electron chi connectivity index (χ0n) is 15.8. The Morgan fingerprint density at radius 2 is 1.86 bits per heavy atom. The SMILES string of the molecule is Cc1ccc2c(CC(=O)O[C@H](C)C(=O)Nc3ccc(S(N)(=O)=O)cc3)coc2c1. The largest absolute Gasteiger partial charge is 0.464 e. The van der Waals surface area contributed by atoms with Gasteiger partial charge in [-0.25, -0.2) is 13.6 Å². The summed E-state index contributed by atoms with van der Waals surface area (Å²) in [7, 11) is -3.81. The lowest BCUT2D eigenvalue weighted by atomic mass is 10.1. The van der Waals surface area contributed by atoms with Crippen molar-refractivity contribution in [3.8, 4) is 0 Å². The smallest absolute Gasteiger partial charge is 0.311 e.